The van der Waals surface area contributed by atoms with Gasteiger partial charge in [-0.15, -0.1) is 0 Å². The van der Waals surface area contributed by atoms with Crippen LogP contribution < -0.4 is 5.32 Å². The zero-order chi connectivity index (χ0) is 17.3. The molecule has 2 aliphatic rings. The molecule has 134 valence electrons. The van der Waals surface area contributed by atoms with Gasteiger partial charge in [0, 0.05) is 30.6 Å². The number of hydrogen-bond acceptors (Lipinski definition) is 5. The number of amides is 1. The number of sulfonamides is 1. The zero-order valence-electron chi connectivity index (χ0n) is 14.2. The monoisotopic (exact) mass is 355 g/mol. The van der Waals surface area contributed by atoms with Crippen molar-refractivity contribution < 1.29 is 17.7 Å². The van der Waals surface area contributed by atoms with E-state index in [1.165, 1.54) is 0 Å². The van der Waals surface area contributed by atoms with Gasteiger partial charge in [-0.05, 0) is 39.0 Å². The minimum absolute atomic E-state index is 0.0401. The summed E-state index contributed by atoms with van der Waals surface area (Å²) in [6.07, 6.45) is 4.03. The van der Waals surface area contributed by atoms with Crippen LogP contribution in [0.1, 0.15) is 68.1 Å². The fourth-order valence-corrected chi connectivity index (χ4v) is 5.05. The Morgan fingerprint density at radius 1 is 1.42 bits per heavy atom. The largest absolute Gasteiger partial charge is 0.360 e. The van der Waals surface area contributed by atoms with Gasteiger partial charge in [0.05, 0.1) is 5.75 Å². The van der Waals surface area contributed by atoms with E-state index in [4.69, 9.17) is 4.52 Å². The van der Waals surface area contributed by atoms with Crippen molar-refractivity contribution in [1.29, 1.82) is 0 Å². The molecule has 8 heteroatoms. The SMILES string of the molecule is CCCS(=O)(=O)N1CC[C@H](NC(=O)c2cc(C3CC3)on2)C[C@H]1C. The van der Waals surface area contributed by atoms with Crippen LogP contribution in [0.3, 0.4) is 0 Å². The number of nitrogens with zero attached hydrogens (tertiary/aromatic N) is 2. The lowest BCUT2D eigenvalue weighted by Crippen LogP contribution is -2.51. The highest BCUT2D eigenvalue weighted by atomic mass is 32.2. The number of nitrogens with one attached hydrogen (secondary N) is 1. The maximum atomic E-state index is 12.3. The summed E-state index contributed by atoms with van der Waals surface area (Å²) in [5.41, 5.74) is 0.311. The standard InChI is InChI=1S/C16H25N3O4S/c1-3-8-24(21,22)19-7-6-13(9-11(19)2)17-16(20)14-10-15(23-18-14)12-4-5-12/h10-13H,3-9H2,1-2H3,(H,17,20)/t11-,13+/m1/s1. The third kappa shape index (κ3) is 3.80. The first kappa shape index (κ1) is 17.4. The molecule has 1 saturated heterocycles. The third-order valence-corrected chi connectivity index (χ3v) is 6.89. The molecule has 0 unspecified atom stereocenters. The molecular weight excluding hydrogens is 330 g/mol. The van der Waals surface area contributed by atoms with Crippen LogP contribution in [-0.4, -0.2) is 48.2 Å². The molecule has 0 aromatic carbocycles. The van der Waals surface area contributed by atoms with Crippen LogP contribution in [0.15, 0.2) is 10.6 Å². The number of carbonyl (C=O) groups excluding carboxylic acids is 1. The molecule has 7 nitrogen and oxygen atoms in total. The maximum Gasteiger partial charge on any atom is 0.273 e. The van der Waals surface area contributed by atoms with E-state index in [0.29, 0.717) is 37.4 Å². The number of aromatic nitrogens is 1. The normalized spacial score (nSPS) is 25.6. The number of rotatable bonds is 6. The Morgan fingerprint density at radius 3 is 2.79 bits per heavy atom. The van der Waals surface area contributed by atoms with Gasteiger partial charge in [-0.3, -0.25) is 4.79 Å². The minimum atomic E-state index is -3.19. The predicted octanol–water partition coefficient (Wildman–Crippen LogP) is 1.87. The van der Waals surface area contributed by atoms with E-state index in [1.807, 2.05) is 13.8 Å². The summed E-state index contributed by atoms with van der Waals surface area (Å²) >= 11 is 0. The smallest absolute Gasteiger partial charge is 0.273 e. The molecule has 0 radical (unpaired) electrons. The fraction of sp³-hybridized carbons (Fsp3) is 0.750. The van der Waals surface area contributed by atoms with Crippen molar-refractivity contribution in [2.24, 2.45) is 0 Å². The summed E-state index contributed by atoms with van der Waals surface area (Å²) in [5, 5.41) is 6.81. The van der Waals surface area contributed by atoms with Gasteiger partial charge in [-0.2, -0.15) is 4.31 Å². The summed E-state index contributed by atoms with van der Waals surface area (Å²) in [6, 6.07) is 1.57. The van der Waals surface area contributed by atoms with Crippen LogP contribution in [0.2, 0.25) is 0 Å². The van der Waals surface area contributed by atoms with Crippen molar-refractivity contribution in [2.75, 3.05) is 12.3 Å². The van der Waals surface area contributed by atoms with Gasteiger partial charge in [0.15, 0.2) is 5.69 Å². The summed E-state index contributed by atoms with van der Waals surface area (Å²) in [7, 11) is -3.19. The Labute approximate surface area is 142 Å². The molecule has 1 aliphatic heterocycles. The predicted molar refractivity (Wildman–Crippen MR) is 89.2 cm³/mol. The second-order valence-corrected chi connectivity index (χ2v) is 8.90. The van der Waals surface area contributed by atoms with Crippen molar-refractivity contribution in [2.45, 2.75) is 64.0 Å². The van der Waals surface area contributed by atoms with E-state index >= 15 is 0 Å². The van der Waals surface area contributed by atoms with Crippen molar-refractivity contribution in [1.82, 2.24) is 14.8 Å². The first-order valence-corrected chi connectivity index (χ1v) is 10.3. The highest BCUT2D eigenvalue weighted by Gasteiger charge is 2.34. The molecule has 1 amide bonds. The van der Waals surface area contributed by atoms with Crippen LogP contribution >= 0.6 is 0 Å². The topological polar surface area (TPSA) is 92.5 Å². The second-order valence-electron chi connectivity index (χ2n) is 6.86. The number of carbonyl (C=O) groups is 1. The van der Waals surface area contributed by atoms with E-state index in [1.54, 1.807) is 10.4 Å². The summed E-state index contributed by atoms with van der Waals surface area (Å²) in [4.78, 5) is 12.3. The highest BCUT2D eigenvalue weighted by molar-refractivity contribution is 7.89. The molecule has 2 fully saturated rings. The summed E-state index contributed by atoms with van der Waals surface area (Å²) in [6.45, 7) is 4.20. The summed E-state index contributed by atoms with van der Waals surface area (Å²) < 4.78 is 31.3. The second kappa shape index (κ2) is 6.84. The van der Waals surface area contributed by atoms with Gasteiger partial charge in [0.1, 0.15) is 5.76 Å². The molecule has 0 spiro atoms. The van der Waals surface area contributed by atoms with Crippen LogP contribution in [-0.2, 0) is 10.0 Å². The molecule has 1 aliphatic carbocycles. The highest BCUT2D eigenvalue weighted by Crippen LogP contribution is 2.40. The third-order valence-electron chi connectivity index (χ3n) is 4.71. The Bertz CT molecular complexity index is 696. The molecule has 1 aromatic rings. The van der Waals surface area contributed by atoms with Crippen molar-refractivity contribution >= 4 is 15.9 Å². The first-order chi connectivity index (χ1) is 11.4. The lowest BCUT2D eigenvalue weighted by Gasteiger charge is -2.36. The van der Waals surface area contributed by atoms with Gasteiger partial charge >= 0.3 is 0 Å². The van der Waals surface area contributed by atoms with E-state index in [-0.39, 0.29) is 23.7 Å². The molecule has 1 N–H and O–H groups in total. The van der Waals surface area contributed by atoms with Crippen LogP contribution in [0.25, 0.3) is 0 Å². The van der Waals surface area contributed by atoms with Gasteiger partial charge in [-0.1, -0.05) is 12.1 Å². The quantitative estimate of drug-likeness (QED) is 0.841. The Balaban J connectivity index is 1.56. The van der Waals surface area contributed by atoms with Gasteiger partial charge in [0.2, 0.25) is 10.0 Å². The lowest BCUT2D eigenvalue weighted by molar-refractivity contribution is 0.0905. The van der Waals surface area contributed by atoms with Crippen molar-refractivity contribution in [3.8, 4) is 0 Å². The molecule has 2 atom stereocenters. The molecule has 2 heterocycles. The maximum absolute atomic E-state index is 12.3. The van der Waals surface area contributed by atoms with E-state index < -0.39 is 10.0 Å². The van der Waals surface area contributed by atoms with E-state index in [0.717, 1.165) is 18.6 Å². The summed E-state index contributed by atoms with van der Waals surface area (Å²) in [5.74, 6) is 1.14. The van der Waals surface area contributed by atoms with Gasteiger partial charge in [0.25, 0.3) is 5.91 Å². The van der Waals surface area contributed by atoms with Crippen LogP contribution in [0.4, 0.5) is 0 Å². The Hall–Kier alpha value is -1.41. The van der Waals surface area contributed by atoms with E-state index in [9.17, 15) is 13.2 Å². The molecule has 1 aromatic heterocycles. The first-order valence-electron chi connectivity index (χ1n) is 8.67. The number of piperidine rings is 1. The molecule has 0 bridgehead atoms. The Kier molecular flexibility index (Phi) is 4.96. The molecule has 24 heavy (non-hydrogen) atoms. The van der Waals surface area contributed by atoms with Gasteiger partial charge < -0.3 is 9.84 Å². The van der Waals surface area contributed by atoms with E-state index in [2.05, 4.69) is 10.5 Å². The van der Waals surface area contributed by atoms with Crippen molar-refractivity contribution in [3.63, 3.8) is 0 Å². The Morgan fingerprint density at radius 2 is 2.17 bits per heavy atom. The molecule has 3 rings (SSSR count). The number of hydrogen-bond donors (Lipinski definition) is 1. The van der Waals surface area contributed by atoms with Crippen LogP contribution in [0.5, 0.6) is 0 Å². The molecule has 1 saturated carbocycles. The average Bonchev–Trinajstić information content (AvgIpc) is 3.24. The van der Waals surface area contributed by atoms with Crippen molar-refractivity contribution in [3.05, 3.63) is 17.5 Å². The average molecular weight is 355 g/mol. The molecular formula is C16H25N3O4S. The zero-order valence-corrected chi connectivity index (χ0v) is 15.0. The van der Waals surface area contributed by atoms with Gasteiger partial charge in [-0.25, -0.2) is 8.42 Å². The van der Waals surface area contributed by atoms with Crippen LogP contribution in [0, 0.1) is 0 Å². The minimum Gasteiger partial charge on any atom is -0.360 e. The fourth-order valence-electron chi connectivity index (χ4n) is 3.29. The lowest BCUT2D eigenvalue weighted by atomic mass is 10.0.